The molecule has 3 N–H and O–H groups in total. The third-order valence-electron chi connectivity index (χ3n) is 6.60. The minimum atomic E-state index is -1.05. The molecule has 13 heteroatoms. The Labute approximate surface area is 215 Å². The van der Waals surface area contributed by atoms with Crippen molar-refractivity contribution in [3.05, 3.63) is 34.4 Å². The zero-order valence-corrected chi connectivity index (χ0v) is 22.0. The summed E-state index contributed by atoms with van der Waals surface area (Å²) < 4.78 is 34.8. The molecule has 4 rings (SSSR count). The molecule has 202 valence electrons. The summed E-state index contributed by atoms with van der Waals surface area (Å²) in [5, 5.41) is 44.0. The monoisotopic (exact) mass is 579 g/mol. The average Bonchev–Trinajstić information content (AvgIpc) is 3.29. The van der Waals surface area contributed by atoms with Gasteiger partial charge in [0.05, 0.1) is 0 Å². The fourth-order valence-electron chi connectivity index (χ4n) is 4.92. The molecule has 0 unspecified atom stereocenters. The van der Waals surface area contributed by atoms with E-state index in [1.807, 2.05) is 0 Å². The van der Waals surface area contributed by atoms with Gasteiger partial charge in [-0.05, 0) is 0 Å². The van der Waals surface area contributed by atoms with Crippen LogP contribution in [0.15, 0.2) is 24.3 Å². The Kier molecular flexibility index (Phi) is 9.01. The second kappa shape index (κ2) is 11.7. The number of methoxy groups -OCH3 is 1. The number of hydrogen-bond acceptors (Lipinski definition) is 11. The predicted molar refractivity (Wildman–Crippen MR) is 125 cm³/mol. The van der Waals surface area contributed by atoms with E-state index < -0.39 is 72.3 Å². The van der Waals surface area contributed by atoms with E-state index in [0.29, 0.717) is 9.78 Å². The molecule has 0 bridgehead atoms. The molecule has 3 saturated heterocycles. The number of fused-ring (bicyclic) bond motifs is 1. The number of aliphatic hydroxyl groups excluding tert-OH is 3. The van der Waals surface area contributed by atoms with Crippen LogP contribution in [-0.4, -0.2) is 111 Å². The fourth-order valence-corrected chi connectivity index (χ4v) is 7.54. The van der Waals surface area contributed by atoms with E-state index in [9.17, 15) is 25.4 Å². The Morgan fingerprint density at radius 3 is 2.53 bits per heavy atom. The third kappa shape index (κ3) is 5.92. The van der Waals surface area contributed by atoms with Gasteiger partial charge in [0.15, 0.2) is 0 Å². The van der Waals surface area contributed by atoms with E-state index in [1.54, 1.807) is 32.0 Å². The van der Waals surface area contributed by atoms with Crippen molar-refractivity contribution < 1.29 is 48.7 Å². The van der Waals surface area contributed by atoms with Crippen molar-refractivity contribution in [3.63, 3.8) is 0 Å². The van der Waals surface area contributed by atoms with Gasteiger partial charge in [-0.15, -0.1) is 0 Å². The van der Waals surface area contributed by atoms with Crippen LogP contribution in [0.25, 0.3) is 0 Å². The summed E-state index contributed by atoms with van der Waals surface area (Å²) >= 11 is -0.378. The molecule has 0 saturated carbocycles. The summed E-state index contributed by atoms with van der Waals surface area (Å²) in [5.41, 5.74) is 0.0278. The Morgan fingerprint density at radius 2 is 1.86 bits per heavy atom. The van der Waals surface area contributed by atoms with Crippen molar-refractivity contribution in [3.8, 4) is 0 Å². The van der Waals surface area contributed by atoms with Crippen molar-refractivity contribution in [1.82, 2.24) is 0 Å². The quantitative estimate of drug-likeness (QED) is 0.145. The van der Waals surface area contributed by atoms with E-state index in [4.69, 9.17) is 28.4 Å². The molecule has 1 aromatic carbocycles. The van der Waals surface area contributed by atoms with Crippen molar-refractivity contribution in [2.24, 2.45) is 5.92 Å². The first-order chi connectivity index (χ1) is 17.1. The Balaban J connectivity index is 1.52. The summed E-state index contributed by atoms with van der Waals surface area (Å²) in [6.45, 7) is 2.98. The van der Waals surface area contributed by atoms with E-state index in [-0.39, 0.29) is 33.9 Å². The van der Waals surface area contributed by atoms with Crippen LogP contribution in [0, 0.1) is 16.0 Å². The van der Waals surface area contributed by atoms with Crippen LogP contribution in [0.2, 0.25) is 5.32 Å². The van der Waals surface area contributed by atoms with E-state index in [2.05, 4.69) is 0 Å². The molecule has 3 fully saturated rings. The molecule has 0 aliphatic carbocycles. The number of benzene rings is 1. The number of hydrogen-bond donors (Lipinski definition) is 3. The van der Waals surface area contributed by atoms with Crippen LogP contribution in [-0.2, 0) is 28.4 Å². The van der Waals surface area contributed by atoms with Gasteiger partial charge in [-0.25, -0.2) is 0 Å². The first-order valence-electron chi connectivity index (χ1n) is 11.8. The summed E-state index contributed by atoms with van der Waals surface area (Å²) in [6.07, 6.45) is -6.23. The molecule has 1 aromatic rings. The Hall–Kier alpha value is -1.22. The van der Waals surface area contributed by atoms with Gasteiger partial charge < -0.3 is 0 Å². The normalized spacial score (nSPS) is 37.7. The molecular weight excluding hydrogens is 545 g/mol. The zero-order chi connectivity index (χ0) is 26.0. The van der Waals surface area contributed by atoms with Crippen LogP contribution in [0.3, 0.4) is 0 Å². The molecule has 3 aliphatic heterocycles. The number of aliphatic hydroxyl groups is 3. The van der Waals surface area contributed by atoms with E-state index in [0.717, 1.165) is 0 Å². The summed E-state index contributed by atoms with van der Waals surface area (Å²) in [4.78, 5) is 11.1. The van der Waals surface area contributed by atoms with Gasteiger partial charge in [0, 0.05) is 0 Å². The Morgan fingerprint density at radius 1 is 1.11 bits per heavy atom. The first-order valence-corrected chi connectivity index (χ1v) is 13.8. The maximum absolute atomic E-state index is 11.5. The number of para-hydroxylation sites is 1. The fraction of sp³-hybridized carbons (Fsp3) is 0.739. The maximum atomic E-state index is 11.5. The number of ether oxygens (including phenoxy) is 6. The van der Waals surface area contributed by atoms with Crippen LogP contribution in [0.4, 0.5) is 5.69 Å². The van der Waals surface area contributed by atoms with Gasteiger partial charge in [0.1, 0.15) is 0 Å². The summed E-state index contributed by atoms with van der Waals surface area (Å²) in [5.74, 6) is -1.38. The predicted octanol–water partition coefficient (Wildman–Crippen LogP) is -0.304. The Bertz CT molecular complexity index is 905. The standard InChI is InChI=1S/C23H33NO11Se/c1-23(2)34-21-19(27)15(33-22(21)35-23)8-14-12(10-36-17-7-5-4-6-13(17)24(28)29)18(26)20(31-11-30-3)16(9-25)32-14/h4-7,12,14-16,18-22,25-27H,8-11H2,1-3H3/t12-,14-,15-,16-,18-,19+,20-,21-,22-/m1/s1. The molecule has 0 spiro atoms. The second-order valence-corrected chi connectivity index (χ2v) is 11.7. The minimum absolute atomic E-state index is 0.0278. The van der Waals surface area contributed by atoms with Crippen molar-refractivity contribution in [2.75, 3.05) is 20.5 Å². The molecule has 12 nitrogen and oxygen atoms in total. The number of rotatable bonds is 10. The van der Waals surface area contributed by atoms with Crippen LogP contribution >= 0.6 is 0 Å². The van der Waals surface area contributed by atoms with Gasteiger partial charge in [-0.1, -0.05) is 0 Å². The first kappa shape index (κ1) is 27.8. The average molecular weight is 578 g/mol. The van der Waals surface area contributed by atoms with Gasteiger partial charge in [-0.2, -0.15) is 0 Å². The molecular formula is C23H33NO11Se. The van der Waals surface area contributed by atoms with Gasteiger partial charge in [0.2, 0.25) is 0 Å². The van der Waals surface area contributed by atoms with E-state index >= 15 is 0 Å². The number of nitrogens with zero attached hydrogens (tertiary/aromatic N) is 1. The van der Waals surface area contributed by atoms with Gasteiger partial charge in [-0.3, -0.25) is 0 Å². The number of nitro groups is 1. The molecule has 3 heterocycles. The zero-order valence-electron chi connectivity index (χ0n) is 20.3. The number of nitro benzene ring substituents is 1. The van der Waals surface area contributed by atoms with E-state index in [1.165, 1.54) is 13.2 Å². The molecule has 36 heavy (non-hydrogen) atoms. The summed E-state index contributed by atoms with van der Waals surface area (Å²) in [6, 6.07) is 6.52. The molecule has 0 amide bonds. The molecule has 0 radical (unpaired) electrons. The summed E-state index contributed by atoms with van der Waals surface area (Å²) in [7, 11) is 1.45. The van der Waals surface area contributed by atoms with Crippen LogP contribution < -0.4 is 4.46 Å². The third-order valence-corrected chi connectivity index (χ3v) is 9.13. The molecule has 3 aliphatic rings. The van der Waals surface area contributed by atoms with Crippen molar-refractivity contribution in [2.45, 2.75) is 80.4 Å². The second-order valence-electron chi connectivity index (χ2n) is 9.49. The van der Waals surface area contributed by atoms with Gasteiger partial charge >= 0.3 is 215 Å². The molecule has 9 atom stereocenters. The van der Waals surface area contributed by atoms with Crippen LogP contribution in [0.1, 0.15) is 20.3 Å². The van der Waals surface area contributed by atoms with Gasteiger partial charge in [0.25, 0.3) is 0 Å². The SMILES string of the molecule is COCO[C@H]1[C@H](O)[C@H](C[Se]c2ccccc2[N+](=O)[O-])[C@@H](C[C@H]2O[C@@H]3OC(C)(C)O[C@@H]3[C@H]2O)O[C@@H]1CO. The topological polar surface area (TPSA) is 159 Å². The molecule has 0 aromatic heterocycles. The van der Waals surface area contributed by atoms with Crippen molar-refractivity contribution in [1.29, 1.82) is 0 Å². The van der Waals surface area contributed by atoms with Crippen molar-refractivity contribution >= 4 is 25.1 Å². The van der Waals surface area contributed by atoms with Crippen LogP contribution in [0.5, 0.6) is 0 Å².